The van der Waals surface area contributed by atoms with Crippen molar-refractivity contribution < 1.29 is 9.84 Å². The van der Waals surface area contributed by atoms with Crippen LogP contribution in [0, 0.1) is 6.10 Å². The van der Waals surface area contributed by atoms with Crippen LogP contribution in [0.3, 0.4) is 0 Å². The van der Waals surface area contributed by atoms with Gasteiger partial charge < -0.3 is 9.84 Å². The summed E-state index contributed by atoms with van der Waals surface area (Å²) in [6.07, 6.45) is 7.81. The van der Waals surface area contributed by atoms with E-state index in [1.807, 2.05) is 19.1 Å². The van der Waals surface area contributed by atoms with Gasteiger partial charge in [0, 0.05) is 13.0 Å². The van der Waals surface area contributed by atoms with Gasteiger partial charge in [-0.15, -0.1) is 0 Å². The third-order valence-corrected chi connectivity index (χ3v) is 1.46. The topological polar surface area (TPSA) is 29.5 Å². The molecule has 0 spiro atoms. The van der Waals surface area contributed by atoms with Crippen LogP contribution in [0.2, 0.25) is 0 Å². The number of aliphatic hydroxyl groups excluding tert-OH is 1. The molecular weight excluding hydrogens is 140 g/mol. The third kappa shape index (κ3) is 2.39. The maximum absolute atomic E-state index is 9.24. The quantitative estimate of drug-likeness (QED) is 0.674. The van der Waals surface area contributed by atoms with Gasteiger partial charge in [0.1, 0.15) is 5.76 Å². The van der Waals surface area contributed by atoms with Crippen LogP contribution in [0.15, 0.2) is 24.0 Å². The minimum Gasteiger partial charge on any atom is -0.509 e. The molecule has 0 aliphatic heterocycles. The number of hydrogen-bond donors (Lipinski definition) is 1. The van der Waals surface area contributed by atoms with E-state index in [-0.39, 0.29) is 5.76 Å². The van der Waals surface area contributed by atoms with Crippen molar-refractivity contribution in [2.24, 2.45) is 0 Å². The van der Waals surface area contributed by atoms with Crippen molar-refractivity contribution in [3.8, 4) is 0 Å². The Labute approximate surface area is 67.2 Å². The third-order valence-electron chi connectivity index (χ3n) is 1.46. The second-order valence-electron chi connectivity index (χ2n) is 2.46. The Balaban J connectivity index is 2.35. The number of rotatable bonds is 3. The molecule has 2 nitrogen and oxygen atoms in total. The van der Waals surface area contributed by atoms with Crippen molar-refractivity contribution in [1.29, 1.82) is 0 Å². The van der Waals surface area contributed by atoms with Gasteiger partial charge in [-0.2, -0.15) is 0 Å². The summed E-state index contributed by atoms with van der Waals surface area (Å²) in [5.74, 6) is 0.265. The fourth-order valence-corrected chi connectivity index (χ4v) is 0.890. The molecule has 0 amide bonds. The first kappa shape index (κ1) is 8.34. The summed E-state index contributed by atoms with van der Waals surface area (Å²) in [6, 6.07) is 0. The Morgan fingerprint density at radius 1 is 1.64 bits per heavy atom. The molecule has 1 rings (SSSR count). The van der Waals surface area contributed by atoms with Crippen LogP contribution in [0.25, 0.3) is 0 Å². The summed E-state index contributed by atoms with van der Waals surface area (Å²) in [6.45, 7) is 2.72. The molecule has 11 heavy (non-hydrogen) atoms. The Morgan fingerprint density at radius 2 is 2.45 bits per heavy atom. The van der Waals surface area contributed by atoms with Gasteiger partial charge in [0.2, 0.25) is 0 Å². The molecule has 1 aliphatic carbocycles. The Kier molecular flexibility index (Phi) is 3.17. The molecule has 0 fully saturated rings. The van der Waals surface area contributed by atoms with Gasteiger partial charge in [0.05, 0.1) is 0 Å². The lowest BCUT2D eigenvalue weighted by atomic mass is 10.1. The molecule has 0 saturated heterocycles. The van der Waals surface area contributed by atoms with Crippen LogP contribution in [0.1, 0.15) is 19.8 Å². The Hall–Kier alpha value is -0.760. The zero-order valence-electron chi connectivity index (χ0n) is 6.71. The van der Waals surface area contributed by atoms with Crippen molar-refractivity contribution in [1.82, 2.24) is 0 Å². The fraction of sp³-hybridized carbons (Fsp3) is 0.444. The molecular formula is C9H13O2. The summed E-state index contributed by atoms with van der Waals surface area (Å²) >= 11 is 0. The van der Waals surface area contributed by atoms with Gasteiger partial charge in [0.15, 0.2) is 6.10 Å². The zero-order valence-corrected chi connectivity index (χ0v) is 6.71. The fourth-order valence-electron chi connectivity index (χ4n) is 0.890. The Bertz CT molecular complexity index is 170. The first-order valence-corrected chi connectivity index (χ1v) is 3.89. The summed E-state index contributed by atoms with van der Waals surface area (Å²) < 4.78 is 5.29. The van der Waals surface area contributed by atoms with Gasteiger partial charge in [-0.1, -0.05) is 19.1 Å². The maximum atomic E-state index is 9.24. The monoisotopic (exact) mass is 153 g/mol. The van der Waals surface area contributed by atoms with E-state index >= 15 is 0 Å². The van der Waals surface area contributed by atoms with Crippen LogP contribution in [-0.4, -0.2) is 11.7 Å². The molecule has 0 saturated carbocycles. The highest BCUT2D eigenvalue weighted by Gasteiger charge is 2.15. The lowest BCUT2D eigenvalue weighted by Crippen LogP contribution is -2.08. The van der Waals surface area contributed by atoms with E-state index in [0.717, 1.165) is 6.42 Å². The summed E-state index contributed by atoms with van der Waals surface area (Å²) in [5, 5.41) is 9.24. The van der Waals surface area contributed by atoms with Crippen molar-refractivity contribution in [2.75, 3.05) is 6.61 Å². The molecule has 0 heterocycles. The van der Waals surface area contributed by atoms with E-state index in [0.29, 0.717) is 19.1 Å². The van der Waals surface area contributed by atoms with Crippen LogP contribution in [-0.2, 0) is 4.74 Å². The molecule has 0 unspecified atom stereocenters. The predicted octanol–water partition coefficient (Wildman–Crippen LogP) is 2.35. The van der Waals surface area contributed by atoms with Crippen LogP contribution < -0.4 is 0 Å². The van der Waals surface area contributed by atoms with E-state index in [9.17, 15) is 5.11 Å². The van der Waals surface area contributed by atoms with E-state index in [2.05, 4.69) is 0 Å². The molecule has 0 atom stereocenters. The summed E-state index contributed by atoms with van der Waals surface area (Å²) in [5.41, 5.74) is 0. The second kappa shape index (κ2) is 4.19. The van der Waals surface area contributed by atoms with Crippen molar-refractivity contribution >= 4 is 0 Å². The Morgan fingerprint density at radius 3 is 3.09 bits per heavy atom. The van der Waals surface area contributed by atoms with Gasteiger partial charge in [-0.25, -0.2) is 0 Å². The van der Waals surface area contributed by atoms with E-state index in [1.54, 1.807) is 6.08 Å². The van der Waals surface area contributed by atoms with E-state index in [1.165, 1.54) is 0 Å². The highest BCUT2D eigenvalue weighted by molar-refractivity contribution is 5.24. The number of aliphatic hydroxyl groups is 1. The highest BCUT2D eigenvalue weighted by Crippen LogP contribution is 2.21. The van der Waals surface area contributed by atoms with Crippen LogP contribution in [0.4, 0.5) is 0 Å². The van der Waals surface area contributed by atoms with Crippen LogP contribution >= 0.6 is 0 Å². The van der Waals surface area contributed by atoms with Gasteiger partial charge in [-0.3, -0.25) is 0 Å². The highest BCUT2D eigenvalue weighted by atomic mass is 16.5. The lowest BCUT2D eigenvalue weighted by Gasteiger charge is -2.15. The van der Waals surface area contributed by atoms with E-state index in [4.69, 9.17) is 4.74 Å². The van der Waals surface area contributed by atoms with Gasteiger partial charge in [-0.05, 0) is 12.5 Å². The zero-order chi connectivity index (χ0) is 8.10. The molecule has 0 aromatic heterocycles. The smallest absolute Gasteiger partial charge is 0.164 e. The van der Waals surface area contributed by atoms with Gasteiger partial charge >= 0.3 is 0 Å². The average Bonchev–Trinajstić information content (AvgIpc) is 2.03. The first-order valence-electron chi connectivity index (χ1n) is 3.89. The molecule has 0 aromatic rings. The minimum absolute atomic E-state index is 0.265. The number of ether oxygens (including phenoxy) is 1. The normalized spacial score (nSPS) is 18.5. The standard InChI is InChI=1S/C9H13O2/c1-2-7-11-9-6-4-3-5-8(9)10/h3-5,10H,2,6-7H2,1H3. The van der Waals surface area contributed by atoms with Crippen molar-refractivity contribution in [3.05, 3.63) is 30.1 Å². The molecule has 0 bridgehead atoms. The molecule has 61 valence electrons. The first-order chi connectivity index (χ1) is 5.34. The van der Waals surface area contributed by atoms with E-state index < -0.39 is 0 Å². The molecule has 0 aromatic carbocycles. The SMILES string of the molecule is CCCO[C]1CC=CC=C1O. The number of allylic oxidation sites excluding steroid dienone is 2. The molecule has 1 N–H and O–H groups in total. The molecule has 2 heteroatoms. The largest absolute Gasteiger partial charge is 0.509 e. The predicted molar refractivity (Wildman–Crippen MR) is 44.0 cm³/mol. The second-order valence-corrected chi connectivity index (χ2v) is 2.46. The van der Waals surface area contributed by atoms with Crippen LogP contribution in [0.5, 0.6) is 0 Å². The van der Waals surface area contributed by atoms with Gasteiger partial charge in [0.25, 0.3) is 0 Å². The van der Waals surface area contributed by atoms with Crippen molar-refractivity contribution in [3.63, 3.8) is 0 Å². The average molecular weight is 153 g/mol. The minimum atomic E-state index is 0.265. The molecule has 1 aliphatic rings. The lowest BCUT2D eigenvalue weighted by molar-refractivity contribution is 0.128. The van der Waals surface area contributed by atoms with Crippen molar-refractivity contribution in [2.45, 2.75) is 19.8 Å². The summed E-state index contributed by atoms with van der Waals surface area (Å²) in [7, 11) is 0. The maximum Gasteiger partial charge on any atom is 0.164 e. The molecule has 1 radical (unpaired) electrons. The number of hydrogen-bond acceptors (Lipinski definition) is 2. The summed E-state index contributed by atoms with van der Waals surface area (Å²) in [4.78, 5) is 0.